The SMILES string of the molecule is CN(C(=O)CCCCCSS(C)(=O)=O)C(C=O)CC(=O)O. The van der Waals surface area contributed by atoms with Crippen LogP contribution in [0.15, 0.2) is 0 Å². The fraction of sp³-hybridized carbons (Fsp3) is 0.750. The zero-order valence-electron chi connectivity index (χ0n) is 12.1. The van der Waals surface area contributed by atoms with E-state index in [9.17, 15) is 22.8 Å². The standard InChI is InChI=1S/C12H21NO6S2/c1-13(10(9-14)8-12(16)17)11(15)6-4-3-5-7-20-21(2,18)19/h9-10H,3-8H2,1-2H3,(H,16,17). The van der Waals surface area contributed by atoms with E-state index in [1.54, 1.807) is 0 Å². The molecule has 1 N–H and O–H groups in total. The number of carboxylic acid groups (broad SMARTS) is 1. The van der Waals surface area contributed by atoms with Gasteiger partial charge < -0.3 is 14.8 Å². The highest BCUT2D eigenvalue weighted by molar-refractivity contribution is 8.71. The molecule has 0 aliphatic heterocycles. The number of hydrogen-bond donors (Lipinski definition) is 1. The summed E-state index contributed by atoms with van der Waals surface area (Å²) in [5.74, 6) is -0.938. The van der Waals surface area contributed by atoms with Crippen LogP contribution in [0.1, 0.15) is 32.1 Å². The number of rotatable bonds is 11. The smallest absolute Gasteiger partial charge is 0.305 e. The molecule has 0 saturated carbocycles. The van der Waals surface area contributed by atoms with E-state index in [4.69, 9.17) is 5.11 Å². The lowest BCUT2D eigenvalue weighted by Gasteiger charge is -2.22. The van der Waals surface area contributed by atoms with Crippen LogP contribution in [-0.2, 0) is 23.3 Å². The highest BCUT2D eigenvalue weighted by Gasteiger charge is 2.21. The summed E-state index contributed by atoms with van der Waals surface area (Å²) in [7, 11) is -0.734. The summed E-state index contributed by atoms with van der Waals surface area (Å²) in [5.41, 5.74) is 0. The molecule has 0 radical (unpaired) electrons. The van der Waals surface area contributed by atoms with Gasteiger partial charge in [-0.2, -0.15) is 0 Å². The molecular weight excluding hydrogens is 318 g/mol. The van der Waals surface area contributed by atoms with Crippen molar-refractivity contribution in [3.05, 3.63) is 0 Å². The average Bonchev–Trinajstić information content (AvgIpc) is 2.37. The van der Waals surface area contributed by atoms with E-state index in [1.807, 2.05) is 0 Å². The van der Waals surface area contributed by atoms with E-state index >= 15 is 0 Å². The molecule has 9 heteroatoms. The van der Waals surface area contributed by atoms with Gasteiger partial charge in [-0.15, -0.1) is 0 Å². The Hall–Kier alpha value is -1.09. The van der Waals surface area contributed by atoms with Crippen LogP contribution in [0.5, 0.6) is 0 Å². The van der Waals surface area contributed by atoms with Crippen molar-refractivity contribution in [3.63, 3.8) is 0 Å². The third kappa shape index (κ3) is 10.3. The van der Waals surface area contributed by atoms with Crippen molar-refractivity contribution in [2.45, 2.75) is 38.1 Å². The molecule has 122 valence electrons. The first kappa shape index (κ1) is 19.9. The van der Waals surface area contributed by atoms with E-state index in [0.29, 0.717) is 31.3 Å². The Balaban J connectivity index is 3.97. The second kappa shape index (κ2) is 9.78. The molecule has 0 fully saturated rings. The summed E-state index contributed by atoms with van der Waals surface area (Å²) < 4.78 is 21.8. The maximum absolute atomic E-state index is 11.8. The van der Waals surface area contributed by atoms with Crippen molar-refractivity contribution >= 4 is 37.8 Å². The van der Waals surface area contributed by atoms with Crippen LogP contribution < -0.4 is 0 Å². The topological polar surface area (TPSA) is 109 Å². The maximum atomic E-state index is 11.8. The monoisotopic (exact) mass is 339 g/mol. The predicted octanol–water partition coefficient (Wildman–Crippen LogP) is 0.740. The van der Waals surface area contributed by atoms with Crippen molar-refractivity contribution < 1.29 is 27.9 Å². The number of carbonyl (C=O) groups excluding carboxylic acids is 2. The summed E-state index contributed by atoms with van der Waals surface area (Å²) in [6.45, 7) is 0. The Morgan fingerprint density at radius 3 is 2.38 bits per heavy atom. The Kier molecular flexibility index (Phi) is 9.27. The van der Waals surface area contributed by atoms with E-state index in [0.717, 1.165) is 21.9 Å². The molecule has 0 spiro atoms. The fourth-order valence-electron chi connectivity index (χ4n) is 1.58. The summed E-state index contributed by atoms with van der Waals surface area (Å²) >= 11 is 0. The van der Waals surface area contributed by atoms with Gasteiger partial charge in [-0.3, -0.25) is 9.59 Å². The number of hydrogen-bond acceptors (Lipinski definition) is 6. The fourth-order valence-corrected chi connectivity index (χ4v) is 3.47. The van der Waals surface area contributed by atoms with Crippen molar-refractivity contribution in [2.24, 2.45) is 0 Å². The zero-order chi connectivity index (χ0) is 16.5. The van der Waals surface area contributed by atoms with Gasteiger partial charge >= 0.3 is 5.97 Å². The number of unbranched alkanes of at least 4 members (excludes halogenated alkanes) is 2. The van der Waals surface area contributed by atoms with Crippen molar-refractivity contribution in [1.29, 1.82) is 0 Å². The highest BCUT2D eigenvalue weighted by atomic mass is 33.1. The molecule has 7 nitrogen and oxygen atoms in total. The number of nitrogens with zero attached hydrogens (tertiary/aromatic N) is 1. The van der Waals surface area contributed by atoms with Gasteiger partial charge in [-0.25, -0.2) is 8.42 Å². The minimum absolute atomic E-state index is 0.212. The number of carbonyl (C=O) groups is 3. The summed E-state index contributed by atoms with van der Waals surface area (Å²) in [6, 6.07) is -0.948. The van der Waals surface area contributed by atoms with E-state index in [-0.39, 0.29) is 12.3 Å². The second-order valence-corrected chi connectivity index (χ2v) is 9.22. The number of aliphatic carboxylic acids is 1. The average molecular weight is 339 g/mol. The molecule has 0 bridgehead atoms. The van der Waals surface area contributed by atoms with Gasteiger partial charge in [0.25, 0.3) is 0 Å². The molecule has 0 aromatic rings. The Bertz CT molecular complexity index is 462. The van der Waals surface area contributed by atoms with Crippen LogP contribution in [0.2, 0.25) is 0 Å². The molecule has 0 rings (SSSR count). The second-order valence-electron chi connectivity index (χ2n) is 4.64. The molecular formula is C12H21NO6S2. The van der Waals surface area contributed by atoms with Gasteiger partial charge in [-0.1, -0.05) is 6.42 Å². The Labute approximate surface area is 128 Å². The molecule has 1 amide bonds. The summed E-state index contributed by atoms with van der Waals surface area (Å²) in [6.07, 6.45) is 3.37. The molecule has 0 heterocycles. The molecule has 0 saturated heterocycles. The number of aldehydes is 1. The van der Waals surface area contributed by atoms with Crippen LogP contribution in [0.25, 0.3) is 0 Å². The molecule has 21 heavy (non-hydrogen) atoms. The molecule has 0 aromatic carbocycles. The first-order valence-corrected chi connectivity index (χ1v) is 9.84. The quantitative estimate of drug-likeness (QED) is 0.336. The first-order valence-electron chi connectivity index (χ1n) is 6.44. The third-order valence-electron chi connectivity index (χ3n) is 2.76. The van der Waals surface area contributed by atoms with Gasteiger partial charge in [0.1, 0.15) is 6.29 Å². The van der Waals surface area contributed by atoms with Crippen LogP contribution in [-0.4, -0.2) is 61.7 Å². The molecule has 0 aromatic heterocycles. The van der Waals surface area contributed by atoms with Crippen LogP contribution in [0.4, 0.5) is 0 Å². The van der Waals surface area contributed by atoms with Gasteiger partial charge in [0.2, 0.25) is 5.91 Å². The van der Waals surface area contributed by atoms with Crippen LogP contribution in [0, 0.1) is 0 Å². The number of amides is 1. The molecule has 1 atom stereocenters. The highest BCUT2D eigenvalue weighted by Crippen LogP contribution is 2.14. The third-order valence-corrected chi connectivity index (χ3v) is 5.43. The lowest BCUT2D eigenvalue weighted by atomic mass is 10.1. The van der Waals surface area contributed by atoms with Crippen LogP contribution in [0.3, 0.4) is 0 Å². The Morgan fingerprint density at radius 1 is 1.29 bits per heavy atom. The summed E-state index contributed by atoms with van der Waals surface area (Å²) in [4.78, 5) is 34.3. The van der Waals surface area contributed by atoms with Gasteiger partial charge in [0.05, 0.1) is 12.5 Å². The van der Waals surface area contributed by atoms with Crippen molar-refractivity contribution in [1.82, 2.24) is 4.90 Å². The minimum Gasteiger partial charge on any atom is -0.481 e. The Morgan fingerprint density at radius 2 is 1.90 bits per heavy atom. The van der Waals surface area contributed by atoms with E-state index in [2.05, 4.69) is 0 Å². The predicted molar refractivity (Wildman–Crippen MR) is 80.6 cm³/mol. The number of carboxylic acids is 1. The van der Waals surface area contributed by atoms with Gasteiger partial charge in [0, 0.05) is 25.5 Å². The molecule has 0 aliphatic carbocycles. The normalized spacial score (nSPS) is 12.7. The summed E-state index contributed by atoms with van der Waals surface area (Å²) in [5, 5.41) is 8.64. The van der Waals surface area contributed by atoms with E-state index < -0.39 is 27.3 Å². The molecule has 1 unspecified atom stereocenters. The largest absolute Gasteiger partial charge is 0.481 e. The lowest BCUT2D eigenvalue weighted by Crippen LogP contribution is -2.39. The maximum Gasteiger partial charge on any atom is 0.305 e. The van der Waals surface area contributed by atoms with Crippen molar-refractivity contribution in [3.8, 4) is 0 Å². The minimum atomic E-state index is -3.02. The van der Waals surface area contributed by atoms with Gasteiger partial charge in [0.15, 0.2) is 8.87 Å². The number of likely N-dealkylation sites (N-methyl/N-ethyl adjacent to an activating group) is 1. The van der Waals surface area contributed by atoms with Crippen LogP contribution >= 0.6 is 10.8 Å². The molecule has 0 aliphatic rings. The van der Waals surface area contributed by atoms with E-state index in [1.165, 1.54) is 7.05 Å². The van der Waals surface area contributed by atoms with Crippen molar-refractivity contribution in [2.75, 3.05) is 19.1 Å². The lowest BCUT2D eigenvalue weighted by molar-refractivity contribution is -0.142. The first-order chi connectivity index (χ1) is 9.67. The zero-order valence-corrected chi connectivity index (χ0v) is 13.8. The van der Waals surface area contributed by atoms with Gasteiger partial charge in [-0.05, 0) is 23.6 Å².